The Labute approximate surface area is 176 Å². The quantitative estimate of drug-likeness (QED) is 0.797. The van der Waals surface area contributed by atoms with Gasteiger partial charge in [0.1, 0.15) is 17.5 Å². The molecule has 1 aromatic heterocycles. The molecule has 0 aliphatic carbocycles. The lowest BCUT2D eigenvalue weighted by molar-refractivity contribution is -0.120. The largest absolute Gasteiger partial charge is 0.354 e. The molecule has 156 valence electrons. The van der Waals surface area contributed by atoms with E-state index in [1.54, 1.807) is 6.07 Å². The average molecular weight is 420 g/mol. The van der Waals surface area contributed by atoms with Gasteiger partial charge in [-0.3, -0.25) is 9.69 Å². The lowest BCUT2D eigenvalue weighted by Gasteiger charge is -2.38. The van der Waals surface area contributed by atoms with Crippen LogP contribution in [-0.2, 0) is 4.79 Å². The number of carbonyl (C=O) groups excluding carboxylic acids is 1. The number of nitrogens with zero attached hydrogens (tertiary/aromatic N) is 4. The smallest absolute Gasteiger partial charge is 0.241 e. The summed E-state index contributed by atoms with van der Waals surface area (Å²) in [5.41, 5.74) is 1.10. The van der Waals surface area contributed by atoms with Gasteiger partial charge in [-0.25, -0.2) is 14.4 Å². The Bertz CT molecular complexity index is 883. The van der Waals surface area contributed by atoms with Crippen molar-refractivity contribution in [3.05, 3.63) is 46.6 Å². The Kier molecular flexibility index (Phi) is 6.70. The van der Waals surface area contributed by atoms with Gasteiger partial charge in [0, 0.05) is 48.9 Å². The van der Waals surface area contributed by atoms with Gasteiger partial charge in [-0.1, -0.05) is 25.4 Å². The fraction of sp³-hybridized carbons (Fsp3) is 0.476. The minimum absolute atomic E-state index is 0.141. The summed E-state index contributed by atoms with van der Waals surface area (Å²) in [6.45, 7) is 11.0. The van der Waals surface area contributed by atoms with E-state index < -0.39 is 5.82 Å². The van der Waals surface area contributed by atoms with Gasteiger partial charge in [0.25, 0.3) is 0 Å². The summed E-state index contributed by atoms with van der Waals surface area (Å²) < 4.78 is 13.9. The van der Waals surface area contributed by atoms with Crippen molar-refractivity contribution in [2.45, 2.75) is 39.7 Å². The molecule has 1 aliphatic heterocycles. The van der Waals surface area contributed by atoms with Crippen LogP contribution in [0.15, 0.2) is 24.3 Å². The Morgan fingerprint density at radius 2 is 1.83 bits per heavy atom. The third-order valence-corrected chi connectivity index (χ3v) is 5.36. The number of anilines is 2. The van der Waals surface area contributed by atoms with E-state index in [2.05, 4.69) is 33.9 Å². The molecule has 0 saturated carbocycles. The molecule has 2 heterocycles. The second-order valence-corrected chi connectivity index (χ2v) is 8.13. The van der Waals surface area contributed by atoms with E-state index in [1.165, 1.54) is 12.1 Å². The van der Waals surface area contributed by atoms with Crippen LogP contribution < -0.4 is 10.2 Å². The van der Waals surface area contributed by atoms with Gasteiger partial charge in [0.05, 0.1) is 11.7 Å². The SMILES string of the molecule is Cc1cc(N2CCN([C@H](C)C(=O)Nc3ccc(Cl)cc3F)CC2)nc(C(C)C)n1. The summed E-state index contributed by atoms with van der Waals surface area (Å²) in [4.78, 5) is 26.1. The predicted octanol–water partition coefficient (Wildman–Crippen LogP) is 3.85. The molecule has 0 bridgehead atoms. The van der Waals surface area contributed by atoms with Crippen LogP contribution in [0.4, 0.5) is 15.9 Å². The Morgan fingerprint density at radius 1 is 1.14 bits per heavy atom. The van der Waals surface area contributed by atoms with Gasteiger partial charge in [0.15, 0.2) is 0 Å². The first-order valence-corrected chi connectivity index (χ1v) is 10.2. The first-order valence-electron chi connectivity index (χ1n) is 9.85. The van der Waals surface area contributed by atoms with Gasteiger partial charge >= 0.3 is 0 Å². The molecule has 1 saturated heterocycles. The van der Waals surface area contributed by atoms with Crippen molar-refractivity contribution >= 4 is 29.0 Å². The van der Waals surface area contributed by atoms with Crippen LogP contribution in [-0.4, -0.2) is 53.0 Å². The Balaban J connectivity index is 1.60. The predicted molar refractivity (Wildman–Crippen MR) is 114 cm³/mol. The fourth-order valence-electron chi connectivity index (χ4n) is 3.33. The molecule has 1 amide bonds. The molecule has 1 aromatic carbocycles. The number of carbonyl (C=O) groups is 1. The average Bonchev–Trinajstić information content (AvgIpc) is 2.69. The van der Waals surface area contributed by atoms with Crippen molar-refractivity contribution in [2.24, 2.45) is 0 Å². The van der Waals surface area contributed by atoms with E-state index in [0.29, 0.717) is 5.02 Å². The van der Waals surface area contributed by atoms with Crippen molar-refractivity contribution in [1.82, 2.24) is 14.9 Å². The molecule has 6 nitrogen and oxygen atoms in total. The molecule has 1 aliphatic rings. The number of amides is 1. The third-order valence-electron chi connectivity index (χ3n) is 5.13. The fourth-order valence-corrected chi connectivity index (χ4v) is 3.49. The first kappa shape index (κ1) is 21.5. The number of nitrogens with one attached hydrogen (secondary N) is 1. The number of halogens is 2. The molecular weight excluding hydrogens is 393 g/mol. The van der Waals surface area contributed by atoms with Gasteiger partial charge in [-0.2, -0.15) is 0 Å². The number of aryl methyl sites for hydroxylation is 1. The zero-order chi connectivity index (χ0) is 21.1. The van der Waals surface area contributed by atoms with Gasteiger partial charge in [0.2, 0.25) is 5.91 Å². The second kappa shape index (κ2) is 9.05. The zero-order valence-corrected chi connectivity index (χ0v) is 18.0. The second-order valence-electron chi connectivity index (χ2n) is 7.69. The maximum Gasteiger partial charge on any atom is 0.241 e. The summed E-state index contributed by atoms with van der Waals surface area (Å²) in [6, 6.07) is 5.85. The highest BCUT2D eigenvalue weighted by Gasteiger charge is 2.27. The number of rotatable bonds is 5. The maximum absolute atomic E-state index is 13.9. The molecule has 3 rings (SSSR count). The van der Waals surface area contributed by atoms with Crippen LogP contribution in [0.3, 0.4) is 0 Å². The van der Waals surface area contributed by atoms with Crippen LogP contribution in [0.1, 0.15) is 38.2 Å². The van der Waals surface area contributed by atoms with Crippen molar-refractivity contribution < 1.29 is 9.18 Å². The lowest BCUT2D eigenvalue weighted by Crippen LogP contribution is -2.53. The summed E-state index contributed by atoms with van der Waals surface area (Å²) in [7, 11) is 0. The highest BCUT2D eigenvalue weighted by molar-refractivity contribution is 6.30. The van der Waals surface area contributed by atoms with E-state index in [4.69, 9.17) is 16.6 Å². The number of piperazine rings is 1. The minimum Gasteiger partial charge on any atom is -0.354 e. The molecule has 1 fully saturated rings. The molecule has 2 aromatic rings. The van der Waals surface area contributed by atoms with Crippen LogP contribution in [0.5, 0.6) is 0 Å². The van der Waals surface area contributed by atoms with E-state index in [9.17, 15) is 9.18 Å². The van der Waals surface area contributed by atoms with Crippen molar-refractivity contribution in [3.63, 3.8) is 0 Å². The molecular formula is C21H27ClFN5O. The molecule has 1 atom stereocenters. The standard InChI is InChI=1S/C21H27ClFN5O/c1-13(2)20-24-14(3)11-19(26-20)28-9-7-27(8-10-28)15(4)21(29)25-18-6-5-16(22)12-17(18)23/h5-6,11-13,15H,7-10H2,1-4H3,(H,25,29)/t15-/m1/s1. The van der Waals surface area contributed by atoms with Crippen LogP contribution in [0, 0.1) is 12.7 Å². The topological polar surface area (TPSA) is 61.4 Å². The Hall–Kier alpha value is -2.25. The summed E-state index contributed by atoms with van der Waals surface area (Å²) in [6.07, 6.45) is 0. The van der Waals surface area contributed by atoms with Crippen LogP contribution >= 0.6 is 11.6 Å². The van der Waals surface area contributed by atoms with Gasteiger partial charge < -0.3 is 10.2 Å². The number of hydrogen-bond donors (Lipinski definition) is 1. The number of benzene rings is 1. The maximum atomic E-state index is 13.9. The molecule has 8 heteroatoms. The minimum atomic E-state index is -0.539. The van der Waals surface area contributed by atoms with Gasteiger partial charge in [-0.15, -0.1) is 0 Å². The summed E-state index contributed by atoms with van der Waals surface area (Å²) in [5.74, 6) is 1.27. The zero-order valence-electron chi connectivity index (χ0n) is 17.2. The van der Waals surface area contributed by atoms with E-state index in [-0.39, 0.29) is 23.6 Å². The normalized spacial score (nSPS) is 16.2. The lowest BCUT2D eigenvalue weighted by atomic mass is 10.2. The third kappa shape index (κ3) is 5.22. The number of aromatic nitrogens is 2. The van der Waals surface area contributed by atoms with E-state index >= 15 is 0 Å². The van der Waals surface area contributed by atoms with Crippen LogP contribution in [0.25, 0.3) is 0 Å². The van der Waals surface area contributed by atoms with Crippen molar-refractivity contribution in [2.75, 3.05) is 36.4 Å². The summed E-state index contributed by atoms with van der Waals surface area (Å²) in [5, 5.41) is 2.95. The van der Waals surface area contributed by atoms with Crippen molar-refractivity contribution in [1.29, 1.82) is 0 Å². The first-order chi connectivity index (χ1) is 13.7. The molecule has 0 spiro atoms. The number of hydrogen-bond acceptors (Lipinski definition) is 5. The monoisotopic (exact) mass is 419 g/mol. The Morgan fingerprint density at radius 3 is 2.45 bits per heavy atom. The van der Waals surface area contributed by atoms with Crippen LogP contribution in [0.2, 0.25) is 5.02 Å². The molecule has 0 unspecified atom stereocenters. The molecule has 29 heavy (non-hydrogen) atoms. The van der Waals surface area contributed by atoms with E-state index in [1.807, 2.05) is 19.9 Å². The highest BCUT2D eigenvalue weighted by Crippen LogP contribution is 2.21. The molecule has 1 N–H and O–H groups in total. The highest BCUT2D eigenvalue weighted by atomic mass is 35.5. The van der Waals surface area contributed by atoms with Gasteiger partial charge in [-0.05, 0) is 32.0 Å². The van der Waals surface area contributed by atoms with Crippen molar-refractivity contribution in [3.8, 4) is 0 Å². The summed E-state index contributed by atoms with van der Waals surface area (Å²) >= 11 is 5.76. The molecule has 0 radical (unpaired) electrons. The van der Waals surface area contributed by atoms with E-state index in [0.717, 1.165) is 43.5 Å².